The van der Waals surface area contributed by atoms with Crippen molar-refractivity contribution in [3.8, 4) is 0 Å². The number of aromatic nitrogens is 2. The summed E-state index contributed by atoms with van der Waals surface area (Å²) in [4.78, 5) is 32.6. The van der Waals surface area contributed by atoms with Gasteiger partial charge in [-0.15, -0.1) is 0 Å². The molecule has 2 amide bonds. The van der Waals surface area contributed by atoms with Gasteiger partial charge in [0.25, 0.3) is 5.91 Å². The summed E-state index contributed by atoms with van der Waals surface area (Å²) in [6.07, 6.45) is 3.09. The predicted molar refractivity (Wildman–Crippen MR) is 86.2 cm³/mol. The summed E-state index contributed by atoms with van der Waals surface area (Å²) in [6.45, 7) is 9.37. The van der Waals surface area contributed by atoms with Gasteiger partial charge < -0.3 is 19.9 Å². The van der Waals surface area contributed by atoms with Crippen LogP contribution in [0.15, 0.2) is 6.20 Å². The van der Waals surface area contributed by atoms with Gasteiger partial charge in [0, 0.05) is 31.5 Å². The molecule has 2 rings (SSSR count). The Balaban J connectivity index is 1.72. The Labute approximate surface area is 136 Å². The van der Waals surface area contributed by atoms with Gasteiger partial charge in [-0.3, -0.25) is 4.79 Å². The Morgan fingerprint density at radius 2 is 2.04 bits per heavy atom. The van der Waals surface area contributed by atoms with Crippen LogP contribution >= 0.6 is 0 Å². The maximum absolute atomic E-state index is 12.0. The lowest BCUT2D eigenvalue weighted by atomic mass is 9.97. The molecule has 0 saturated carbocycles. The number of piperidine rings is 1. The van der Waals surface area contributed by atoms with E-state index in [1.165, 1.54) is 0 Å². The molecule has 1 aromatic rings. The van der Waals surface area contributed by atoms with E-state index in [0.717, 1.165) is 18.5 Å². The molecule has 1 fully saturated rings. The Bertz CT molecular complexity index is 554. The van der Waals surface area contributed by atoms with E-state index in [9.17, 15) is 9.59 Å². The van der Waals surface area contributed by atoms with Crippen molar-refractivity contribution < 1.29 is 14.3 Å². The molecule has 1 aliphatic rings. The zero-order valence-electron chi connectivity index (χ0n) is 14.3. The van der Waals surface area contributed by atoms with Crippen LogP contribution in [0.5, 0.6) is 0 Å². The molecule has 0 bridgehead atoms. The third-order valence-corrected chi connectivity index (χ3v) is 3.74. The minimum atomic E-state index is -0.469. The van der Waals surface area contributed by atoms with Gasteiger partial charge in [0.05, 0.1) is 0 Å². The van der Waals surface area contributed by atoms with Gasteiger partial charge >= 0.3 is 6.09 Å². The van der Waals surface area contributed by atoms with Crippen molar-refractivity contribution in [2.24, 2.45) is 5.92 Å². The molecule has 128 valence electrons. The number of hydrogen-bond acceptors (Lipinski definition) is 4. The topological polar surface area (TPSA) is 87.3 Å². The third kappa shape index (κ3) is 5.26. The normalized spacial score (nSPS) is 16.3. The van der Waals surface area contributed by atoms with Gasteiger partial charge in [0.2, 0.25) is 0 Å². The largest absolute Gasteiger partial charge is 0.444 e. The van der Waals surface area contributed by atoms with Gasteiger partial charge in [0.15, 0.2) is 5.82 Å². The van der Waals surface area contributed by atoms with Crippen molar-refractivity contribution in [1.29, 1.82) is 0 Å². The number of imidazole rings is 1. The predicted octanol–water partition coefficient (Wildman–Crippen LogP) is 2.10. The van der Waals surface area contributed by atoms with E-state index >= 15 is 0 Å². The van der Waals surface area contributed by atoms with Crippen LogP contribution in [-0.4, -0.2) is 52.1 Å². The fraction of sp³-hybridized carbons (Fsp3) is 0.688. The summed E-state index contributed by atoms with van der Waals surface area (Å²) < 4.78 is 5.38. The number of hydrogen-bond donors (Lipinski definition) is 2. The number of amides is 2. The number of aromatic amines is 1. The van der Waals surface area contributed by atoms with Crippen LogP contribution < -0.4 is 5.32 Å². The molecule has 7 heteroatoms. The monoisotopic (exact) mass is 322 g/mol. The number of likely N-dealkylation sites (tertiary alicyclic amines) is 1. The first-order chi connectivity index (χ1) is 10.7. The number of carbonyl (C=O) groups is 2. The lowest BCUT2D eigenvalue weighted by Gasteiger charge is -2.33. The zero-order chi connectivity index (χ0) is 17.0. The molecular formula is C16H26N4O3. The Morgan fingerprint density at radius 3 is 2.57 bits per heavy atom. The van der Waals surface area contributed by atoms with Crippen LogP contribution in [0.3, 0.4) is 0 Å². The first-order valence-electron chi connectivity index (χ1n) is 8.02. The number of nitrogens with zero attached hydrogens (tertiary/aromatic N) is 2. The van der Waals surface area contributed by atoms with Gasteiger partial charge in [-0.25, -0.2) is 9.78 Å². The molecule has 7 nitrogen and oxygen atoms in total. The summed E-state index contributed by atoms with van der Waals surface area (Å²) in [5.41, 5.74) is 0.393. The van der Waals surface area contributed by atoms with Crippen LogP contribution in [0.25, 0.3) is 0 Å². The second kappa shape index (κ2) is 7.02. The van der Waals surface area contributed by atoms with Crippen LogP contribution in [0, 0.1) is 12.8 Å². The van der Waals surface area contributed by atoms with E-state index in [1.54, 1.807) is 11.1 Å². The highest BCUT2D eigenvalue weighted by Crippen LogP contribution is 2.19. The Hall–Kier alpha value is -2.05. The van der Waals surface area contributed by atoms with E-state index < -0.39 is 5.60 Å². The standard InChI is InChI=1S/C16H26N4O3/c1-11-9-17-13(19-11)14(21)18-10-12-5-7-20(8-6-12)15(22)23-16(2,3)4/h9,12H,5-8,10H2,1-4H3,(H,17,19)(H,18,21). The number of H-pyrrole nitrogens is 1. The van der Waals surface area contributed by atoms with Gasteiger partial charge in [-0.1, -0.05) is 0 Å². The van der Waals surface area contributed by atoms with E-state index in [4.69, 9.17) is 4.74 Å². The molecule has 1 aliphatic heterocycles. The molecule has 0 radical (unpaired) electrons. The van der Waals surface area contributed by atoms with Gasteiger partial charge in [-0.05, 0) is 46.5 Å². The first kappa shape index (κ1) is 17.3. The average Bonchev–Trinajstić information content (AvgIpc) is 2.90. The van der Waals surface area contributed by atoms with Gasteiger partial charge in [0.1, 0.15) is 5.60 Å². The van der Waals surface area contributed by atoms with Crippen molar-refractivity contribution in [1.82, 2.24) is 20.2 Å². The second-order valence-electron chi connectivity index (χ2n) is 7.04. The highest BCUT2D eigenvalue weighted by atomic mass is 16.6. The lowest BCUT2D eigenvalue weighted by molar-refractivity contribution is 0.0183. The summed E-state index contributed by atoms with van der Waals surface area (Å²) >= 11 is 0. The molecule has 2 heterocycles. The number of aryl methyl sites for hydroxylation is 1. The number of carbonyl (C=O) groups excluding carboxylic acids is 2. The SMILES string of the molecule is Cc1cnc(C(=O)NCC2CCN(C(=O)OC(C)(C)C)CC2)[nH]1. The van der Waals surface area contributed by atoms with E-state index in [0.29, 0.717) is 31.4 Å². The molecule has 0 aromatic carbocycles. The molecule has 23 heavy (non-hydrogen) atoms. The summed E-state index contributed by atoms with van der Waals surface area (Å²) in [6, 6.07) is 0. The first-order valence-corrected chi connectivity index (χ1v) is 8.02. The summed E-state index contributed by atoms with van der Waals surface area (Å²) in [5.74, 6) is 0.523. The fourth-order valence-electron chi connectivity index (χ4n) is 2.49. The molecule has 1 aromatic heterocycles. The lowest BCUT2D eigenvalue weighted by Crippen LogP contribution is -2.43. The fourth-order valence-corrected chi connectivity index (χ4v) is 2.49. The maximum Gasteiger partial charge on any atom is 0.410 e. The van der Waals surface area contributed by atoms with E-state index in [1.807, 2.05) is 27.7 Å². The smallest absolute Gasteiger partial charge is 0.410 e. The van der Waals surface area contributed by atoms with Crippen molar-refractivity contribution in [3.63, 3.8) is 0 Å². The van der Waals surface area contributed by atoms with Crippen molar-refractivity contribution in [2.45, 2.75) is 46.1 Å². The van der Waals surface area contributed by atoms with Crippen LogP contribution in [0.1, 0.15) is 49.9 Å². The molecule has 1 saturated heterocycles. The molecule has 0 spiro atoms. The molecular weight excluding hydrogens is 296 g/mol. The zero-order valence-corrected chi connectivity index (χ0v) is 14.3. The molecule has 2 N–H and O–H groups in total. The van der Waals surface area contributed by atoms with Crippen LogP contribution in [0.4, 0.5) is 4.79 Å². The van der Waals surface area contributed by atoms with Crippen molar-refractivity contribution in [3.05, 3.63) is 17.7 Å². The van der Waals surface area contributed by atoms with E-state index in [2.05, 4.69) is 15.3 Å². The van der Waals surface area contributed by atoms with Crippen molar-refractivity contribution in [2.75, 3.05) is 19.6 Å². The maximum atomic E-state index is 12.0. The quantitative estimate of drug-likeness (QED) is 0.892. The number of rotatable bonds is 3. The Kier molecular flexibility index (Phi) is 5.28. The Morgan fingerprint density at radius 1 is 1.39 bits per heavy atom. The van der Waals surface area contributed by atoms with Crippen LogP contribution in [0.2, 0.25) is 0 Å². The molecule has 0 atom stereocenters. The third-order valence-electron chi connectivity index (χ3n) is 3.74. The number of nitrogens with one attached hydrogen (secondary N) is 2. The van der Waals surface area contributed by atoms with Crippen LogP contribution in [-0.2, 0) is 4.74 Å². The highest BCUT2D eigenvalue weighted by molar-refractivity contribution is 5.90. The number of ether oxygens (including phenoxy) is 1. The second-order valence-corrected chi connectivity index (χ2v) is 7.04. The van der Waals surface area contributed by atoms with Gasteiger partial charge in [-0.2, -0.15) is 0 Å². The minimum Gasteiger partial charge on any atom is -0.444 e. The van der Waals surface area contributed by atoms with E-state index in [-0.39, 0.29) is 12.0 Å². The molecule has 0 unspecified atom stereocenters. The minimum absolute atomic E-state index is 0.187. The average molecular weight is 322 g/mol. The molecule has 0 aliphatic carbocycles. The summed E-state index contributed by atoms with van der Waals surface area (Å²) in [7, 11) is 0. The van der Waals surface area contributed by atoms with Crippen molar-refractivity contribution >= 4 is 12.0 Å². The highest BCUT2D eigenvalue weighted by Gasteiger charge is 2.27. The summed E-state index contributed by atoms with van der Waals surface area (Å²) in [5, 5.41) is 2.90.